The van der Waals surface area contributed by atoms with Gasteiger partial charge in [0.15, 0.2) is 23.0 Å². The van der Waals surface area contributed by atoms with Gasteiger partial charge in [-0.1, -0.05) is 36.4 Å². The van der Waals surface area contributed by atoms with E-state index in [9.17, 15) is 19.2 Å². The number of hydrogen-bond donors (Lipinski definition) is 2. The van der Waals surface area contributed by atoms with Crippen molar-refractivity contribution in [1.29, 1.82) is 0 Å². The number of nitrogens with one attached hydrogen (secondary N) is 2. The van der Waals surface area contributed by atoms with Gasteiger partial charge in [-0.15, -0.1) is 0 Å². The normalized spacial score (nSPS) is 10.8. The number of carbonyl (C=O) groups excluding carboxylic acids is 4. The van der Waals surface area contributed by atoms with Crippen LogP contribution in [0.15, 0.2) is 107 Å². The van der Waals surface area contributed by atoms with Crippen LogP contribution in [0.4, 0.5) is 0 Å². The summed E-state index contributed by atoms with van der Waals surface area (Å²) in [4.78, 5) is 49.0. The van der Waals surface area contributed by atoms with E-state index >= 15 is 0 Å². The highest BCUT2D eigenvalue weighted by atomic mass is 16.6. The van der Waals surface area contributed by atoms with Gasteiger partial charge in [0.2, 0.25) is 11.8 Å². The third kappa shape index (κ3) is 10.4. The van der Waals surface area contributed by atoms with Gasteiger partial charge in [0.25, 0.3) is 0 Å². The first-order chi connectivity index (χ1) is 22.9. The molecule has 0 unspecified atom stereocenters. The Balaban J connectivity index is 1.18. The van der Waals surface area contributed by atoms with Gasteiger partial charge < -0.3 is 18.9 Å². The Morgan fingerprint density at radius 3 is 1.36 bits per heavy atom. The highest BCUT2D eigenvalue weighted by molar-refractivity contribution is 5.92. The van der Waals surface area contributed by atoms with Crippen LogP contribution in [-0.2, 0) is 9.59 Å². The Morgan fingerprint density at radius 2 is 0.979 bits per heavy atom. The van der Waals surface area contributed by atoms with E-state index in [1.165, 1.54) is 26.6 Å². The summed E-state index contributed by atoms with van der Waals surface area (Å²) >= 11 is 0. The second-order valence-corrected chi connectivity index (χ2v) is 9.77. The zero-order chi connectivity index (χ0) is 33.4. The fourth-order valence-corrected chi connectivity index (χ4v) is 4.04. The lowest BCUT2D eigenvalue weighted by Gasteiger charge is -2.10. The maximum Gasteiger partial charge on any atom is 0.343 e. The van der Waals surface area contributed by atoms with Crippen LogP contribution < -0.4 is 29.8 Å². The van der Waals surface area contributed by atoms with Crippen molar-refractivity contribution in [1.82, 2.24) is 10.9 Å². The highest BCUT2D eigenvalue weighted by Crippen LogP contribution is 2.29. The minimum atomic E-state index is -0.519. The number of nitrogens with zero attached hydrogens (tertiary/aromatic N) is 2. The molecule has 0 aliphatic heterocycles. The summed E-state index contributed by atoms with van der Waals surface area (Å²) in [5.41, 5.74) is 6.82. The largest absolute Gasteiger partial charge is 0.493 e. The third-order valence-electron chi connectivity index (χ3n) is 6.41. The minimum Gasteiger partial charge on any atom is -0.493 e. The molecule has 2 amide bonds. The fourth-order valence-electron chi connectivity index (χ4n) is 4.04. The van der Waals surface area contributed by atoms with E-state index in [-0.39, 0.29) is 42.6 Å². The molecule has 0 aliphatic carbocycles. The SMILES string of the molecule is COc1cc(/C=N/NC(=O)CCCC(=O)N/N=C/c2ccc(OC(=O)c3ccccc3)c(OC)c2)ccc1OC(=O)c1ccccc1. The van der Waals surface area contributed by atoms with Crippen LogP contribution in [-0.4, -0.2) is 50.4 Å². The maximum atomic E-state index is 12.3. The highest BCUT2D eigenvalue weighted by Gasteiger charge is 2.14. The predicted molar refractivity (Wildman–Crippen MR) is 174 cm³/mol. The van der Waals surface area contributed by atoms with E-state index in [1.54, 1.807) is 97.1 Å². The Kier molecular flexibility index (Phi) is 12.3. The lowest BCUT2D eigenvalue weighted by molar-refractivity contribution is -0.122. The average molecular weight is 637 g/mol. The van der Waals surface area contributed by atoms with Crippen molar-refractivity contribution in [3.05, 3.63) is 119 Å². The molecule has 0 spiro atoms. The number of esters is 2. The average Bonchev–Trinajstić information content (AvgIpc) is 3.10. The Bertz CT molecular complexity index is 1630. The van der Waals surface area contributed by atoms with E-state index in [0.717, 1.165) is 0 Å². The monoisotopic (exact) mass is 636 g/mol. The number of ether oxygens (including phenoxy) is 4. The molecule has 0 bridgehead atoms. The summed E-state index contributed by atoms with van der Waals surface area (Å²) in [7, 11) is 2.89. The molecule has 0 heterocycles. The van der Waals surface area contributed by atoms with E-state index in [4.69, 9.17) is 18.9 Å². The van der Waals surface area contributed by atoms with Gasteiger partial charge in [0.05, 0.1) is 37.8 Å². The van der Waals surface area contributed by atoms with Crippen molar-refractivity contribution in [2.75, 3.05) is 14.2 Å². The van der Waals surface area contributed by atoms with Gasteiger partial charge in [-0.3, -0.25) is 9.59 Å². The van der Waals surface area contributed by atoms with E-state index in [1.807, 2.05) is 0 Å². The quantitative estimate of drug-likeness (QED) is 0.0857. The zero-order valence-electron chi connectivity index (χ0n) is 25.7. The molecule has 4 aromatic carbocycles. The topological polar surface area (TPSA) is 154 Å². The van der Waals surface area contributed by atoms with Crippen molar-refractivity contribution >= 4 is 36.2 Å². The van der Waals surface area contributed by atoms with Crippen LogP contribution in [0.1, 0.15) is 51.1 Å². The molecule has 12 heteroatoms. The second-order valence-electron chi connectivity index (χ2n) is 9.77. The molecule has 0 radical (unpaired) electrons. The van der Waals surface area contributed by atoms with Gasteiger partial charge in [0, 0.05) is 12.8 Å². The molecular weight excluding hydrogens is 604 g/mol. The standard InChI is InChI=1S/C35H32N4O8/c1-44-30-20-24(16-18-28(30)46-34(42)26-10-5-3-6-11-26)22-36-38-32(40)14-9-15-33(41)39-37-23-25-17-19-29(31(21-25)45-2)47-35(43)27-12-7-4-8-13-27/h3-8,10-13,16-23H,9,14-15H2,1-2H3,(H,38,40)(H,39,41)/b36-22+,37-23+. The minimum absolute atomic E-state index is 0.0620. The summed E-state index contributed by atoms with van der Waals surface area (Å²) in [5, 5.41) is 7.88. The molecule has 0 atom stereocenters. The maximum absolute atomic E-state index is 12.3. The summed E-state index contributed by atoms with van der Waals surface area (Å²) in [5.74, 6) is -0.675. The molecule has 0 aromatic heterocycles. The lowest BCUT2D eigenvalue weighted by Crippen LogP contribution is -2.20. The molecule has 240 valence electrons. The number of hydrazone groups is 2. The predicted octanol–water partition coefficient (Wildman–Crippen LogP) is 4.91. The number of benzene rings is 4. The van der Waals surface area contributed by atoms with Crippen LogP contribution >= 0.6 is 0 Å². The van der Waals surface area contributed by atoms with Gasteiger partial charge in [-0.2, -0.15) is 10.2 Å². The number of methoxy groups -OCH3 is 2. The molecule has 4 rings (SSSR count). The first-order valence-electron chi connectivity index (χ1n) is 14.4. The van der Waals surface area contributed by atoms with E-state index in [0.29, 0.717) is 33.8 Å². The Labute approximate surface area is 271 Å². The molecular formula is C35H32N4O8. The van der Waals surface area contributed by atoms with E-state index < -0.39 is 11.9 Å². The molecule has 12 nitrogen and oxygen atoms in total. The molecule has 0 aliphatic rings. The number of rotatable bonds is 14. The Hall–Kier alpha value is -6.30. The summed E-state index contributed by atoms with van der Waals surface area (Å²) < 4.78 is 21.5. The molecule has 4 aromatic rings. The van der Waals surface area contributed by atoms with Crippen molar-refractivity contribution in [3.8, 4) is 23.0 Å². The van der Waals surface area contributed by atoms with Crippen LogP contribution in [0.3, 0.4) is 0 Å². The molecule has 0 saturated heterocycles. The second kappa shape index (κ2) is 17.3. The molecule has 47 heavy (non-hydrogen) atoms. The van der Waals surface area contributed by atoms with Crippen molar-refractivity contribution < 1.29 is 38.1 Å². The van der Waals surface area contributed by atoms with Gasteiger partial charge in [-0.05, 0) is 78.2 Å². The number of carbonyl (C=O) groups is 4. The summed E-state index contributed by atoms with van der Waals surface area (Å²) in [6.45, 7) is 0. The molecule has 2 N–H and O–H groups in total. The van der Waals surface area contributed by atoms with Gasteiger partial charge in [0.1, 0.15) is 0 Å². The first-order valence-corrected chi connectivity index (χ1v) is 14.4. The van der Waals surface area contributed by atoms with Gasteiger partial charge >= 0.3 is 11.9 Å². The summed E-state index contributed by atoms with van der Waals surface area (Å²) in [6.07, 6.45) is 3.23. The van der Waals surface area contributed by atoms with Crippen LogP contribution in [0, 0.1) is 0 Å². The lowest BCUT2D eigenvalue weighted by atomic mass is 10.2. The van der Waals surface area contributed by atoms with Gasteiger partial charge in [-0.25, -0.2) is 20.4 Å². The zero-order valence-corrected chi connectivity index (χ0v) is 25.7. The van der Waals surface area contributed by atoms with E-state index in [2.05, 4.69) is 21.1 Å². The van der Waals surface area contributed by atoms with Crippen LogP contribution in [0.25, 0.3) is 0 Å². The summed E-state index contributed by atoms with van der Waals surface area (Å²) in [6, 6.07) is 26.8. The van der Waals surface area contributed by atoms with Crippen molar-refractivity contribution in [3.63, 3.8) is 0 Å². The van der Waals surface area contributed by atoms with Crippen molar-refractivity contribution in [2.45, 2.75) is 19.3 Å². The molecule has 0 saturated carbocycles. The van der Waals surface area contributed by atoms with Crippen molar-refractivity contribution in [2.24, 2.45) is 10.2 Å². The number of hydrogen-bond acceptors (Lipinski definition) is 10. The fraction of sp³-hybridized carbons (Fsp3) is 0.143. The molecule has 0 fully saturated rings. The first kappa shape index (κ1) is 33.6. The smallest absolute Gasteiger partial charge is 0.343 e. The van der Waals surface area contributed by atoms with Crippen LogP contribution in [0.5, 0.6) is 23.0 Å². The third-order valence-corrected chi connectivity index (χ3v) is 6.41. The number of amides is 2. The van der Waals surface area contributed by atoms with Crippen LogP contribution in [0.2, 0.25) is 0 Å². The Morgan fingerprint density at radius 1 is 0.574 bits per heavy atom.